The zero-order valence-corrected chi connectivity index (χ0v) is 15.8. The molecule has 0 aliphatic heterocycles. The average Bonchev–Trinajstić information content (AvgIpc) is 2.74. The molecule has 154 valence electrons. The summed E-state index contributed by atoms with van der Waals surface area (Å²) >= 11 is 0. The molecule has 0 saturated carbocycles. The van der Waals surface area contributed by atoms with Gasteiger partial charge in [-0.1, -0.05) is 18.2 Å². The summed E-state index contributed by atoms with van der Waals surface area (Å²) in [5, 5.41) is 2.99. The van der Waals surface area contributed by atoms with Gasteiger partial charge in [-0.2, -0.15) is 13.2 Å². The van der Waals surface area contributed by atoms with E-state index in [2.05, 4.69) is 15.3 Å². The topological polar surface area (TPSA) is 74.8 Å². The Morgan fingerprint density at radius 2 is 1.87 bits per heavy atom. The van der Waals surface area contributed by atoms with Crippen LogP contribution < -0.4 is 10.9 Å². The van der Waals surface area contributed by atoms with Crippen molar-refractivity contribution in [1.82, 2.24) is 15.3 Å². The number of pyridine rings is 2. The third-order valence-electron chi connectivity index (χ3n) is 5.37. The maximum Gasteiger partial charge on any atom is 0.416 e. The van der Waals surface area contributed by atoms with Crippen LogP contribution in [-0.2, 0) is 18.1 Å². The number of amides is 1. The number of fused-ring (bicyclic) bond motifs is 1. The van der Waals surface area contributed by atoms with Crippen molar-refractivity contribution in [1.29, 1.82) is 0 Å². The van der Waals surface area contributed by atoms with Gasteiger partial charge in [-0.05, 0) is 54.7 Å². The standard InChI is InChI=1S/C22H18F3N3O2/c23-22(24,25)17-8-6-16(7-9-17)21(11-1-3-14-4-2-12-26-19(14)21)28-20(30)15-5-10-18(29)27-13-15/h2,4-10,12-13H,1,3,11H2,(H,27,29)(H,28,30). The molecular weight excluding hydrogens is 395 g/mol. The van der Waals surface area contributed by atoms with Gasteiger partial charge >= 0.3 is 6.18 Å². The largest absolute Gasteiger partial charge is 0.416 e. The Labute approximate surface area is 170 Å². The summed E-state index contributed by atoms with van der Waals surface area (Å²) in [7, 11) is 0. The van der Waals surface area contributed by atoms with Crippen molar-refractivity contribution in [3.63, 3.8) is 0 Å². The van der Waals surface area contributed by atoms with E-state index in [1.807, 2.05) is 6.07 Å². The monoisotopic (exact) mass is 413 g/mol. The minimum atomic E-state index is -4.45. The van der Waals surface area contributed by atoms with E-state index in [9.17, 15) is 22.8 Å². The van der Waals surface area contributed by atoms with Crippen molar-refractivity contribution in [2.75, 3.05) is 0 Å². The van der Waals surface area contributed by atoms with Crippen molar-refractivity contribution >= 4 is 5.91 Å². The number of carbonyl (C=O) groups excluding carboxylic acids is 1. The first-order valence-electron chi connectivity index (χ1n) is 9.43. The number of nitrogens with zero attached hydrogens (tertiary/aromatic N) is 1. The molecule has 0 saturated heterocycles. The highest BCUT2D eigenvalue weighted by molar-refractivity contribution is 5.94. The summed E-state index contributed by atoms with van der Waals surface area (Å²) in [4.78, 5) is 31.2. The van der Waals surface area contributed by atoms with Crippen molar-refractivity contribution in [3.05, 3.63) is 99.2 Å². The average molecular weight is 413 g/mol. The molecule has 2 aromatic heterocycles. The Morgan fingerprint density at radius 3 is 2.53 bits per heavy atom. The number of carbonyl (C=O) groups is 1. The van der Waals surface area contributed by atoms with Crippen LogP contribution in [-0.4, -0.2) is 15.9 Å². The fourth-order valence-corrected chi connectivity index (χ4v) is 3.92. The molecule has 2 heterocycles. The first-order valence-corrected chi connectivity index (χ1v) is 9.43. The lowest BCUT2D eigenvalue weighted by atomic mass is 9.75. The molecule has 8 heteroatoms. The van der Waals surface area contributed by atoms with Crippen molar-refractivity contribution in [2.45, 2.75) is 31.0 Å². The van der Waals surface area contributed by atoms with Gasteiger partial charge in [-0.25, -0.2) is 0 Å². The van der Waals surface area contributed by atoms with Crippen LogP contribution in [0.4, 0.5) is 13.2 Å². The van der Waals surface area contributed by atoms with E-state index in [0.29, 0.717) is 17.7 Å². The maximum atomic E-state index is 13.0. The van der Waals surface area contributed by atoms with E-state index in [-0.39, 0.29) is 11.1 Å². The Morgan fingerprint density at radius 1 is 1.10 bits per heavy atom. The molecule has 0 spiro atoms. The molecule has 0 radical (unpaired) electrons. The molecule has 1 aliphatic carbocycles. The molecule has 1 atom stereocenters. The Bertz CT molecular complexity index is 1120. The number of hydrogen-bond acceptors (Lipinski definition) is 3. The summed E-state index contributed by atoms with van der Waals surface area (Å²) in [6, 6.07) is 11.2. The molecule has 1 amide bonds. The number of aryl methyl sites for hydroxylation is 1. The fraction of sp³-hybridized carbons (Fsp3) is 0.227. The molecule has 1 aliphatic rings. The Hall–Kier alpha value is -3.42. The summed E-state index contributed by atoms with van der Waals surface area (Å²) in [6.45, 7) is 0. The number of nitrogens with one attached hydrogen (secondary N) is 2. The summed E-state index contributed by atoms with van der Waals surface area (Å²) in [5.74, 6) is -0.454. The first kappa shape index (κ1) is 19.9. The molecule has 30 heavy (non-hydrogen) atoms. The van der Waals surface area contributed by atoms with Crippen LogP contribution >= 0.6 is 0 Å². The number of rotatable bonds is 3. The van der Waals surface area contributed by atoms with Gasteiger partial charge in [0.1, 0.15) is 5.54 Å². The van der Waals surface area contributed by atoms with E-state index < -0.39 is 23.2 Å². The third-order valence-corrected chi connectivity index (χ3v) is 5.37. The fourth-order valence-electron chi connectivity index (χ4n) is 3.92. The second-order valence-electron chi connectivity index (χ2n) is 7.24. The number of H-pyrrole nitrogens is 1. The zero-order valence-electron chi connectivity index (χ0n) is 15.8. The van der Waals surface area contributed by atoms with E-state index in [0.717, 1.165) is 30.5 Å². The van der Waals surface area contributed by atoms with E-state index in [4.69, 9.17) is 0 Å². The van der Waals surface area contributed by atoms with Crippen LogP contribution in [0, 0.1) is 0 Å². The summed E-state index contributed by atoms with van der Waals surface area (Å²) < 4.78 is 39.1. The van der Waals surface area contributed by atoms with E-state index >= 15 is 0 Å². The highest BCUT2D eigenvalue weighted by Crippen LogP contribution is 2.40. The van der Waals surface area contributed by atoms with Gasteiger partial charge in [0.05, 0.1) is 16.8 Å². The Balaban J connectivity index is 1.81. The zero-order chi connectivity index (χ0) is 21.4. The number of benzene rings is 1. The van der Waals surface area contributed by atoms with Gasteiger partial charge in [0.25, 0.3) is 5.91 Å². The highest BCUT2D eigenvalue weighted by Gasteiger charge is 2.42. The molecule has 4 rings (SSSR count). The quantitative estimate of drug-likeness (QED) is 0.686. The summed E-state index contributed by atoms with van der Waals surface area (Å²) in [5.41, 5.74) is 0.141. The molecule has 1 aromatic carbocycles. The second-order valence-corrected chi connectivity index (χ2v) is 7.24. The SMILES string of the molecule is O=C(NC1(c2ccc(C(F)(F)F)cc2)CCCc2cccnc21)c1ccc(=O)[nH]c1. The third kappa shape index (κ3) is 3.60. The molecule has 2 N–H and O–H groups in total. The normalized spacial score (nSPS) is 18.5. The lowest BCUT2D eigenvalue weighted by Gasteiger charge is -2.39. The van der Waals surface area contributed by atoms with Crippen LogP contribution in [0.25, 0.3) is 0 Å². The minimum Gasteiger partial charge on any atom is -0.337 e. The van der Waals surface area contributed by atoms with Gasteiger partial charge in [0.15, 0.2) is 0 Å². The predicted molar refractivity (Wildman–Crippen MR) is 104 cm³/mol. The predicted octanol–water partition coefficient (Wildman–Crippen LogP) is 3.80. The van der Waals surface area contributed by atoms with E-state index in [1.165, 1.54) is 30.5 Å². The molecule has 3 aromatic rings. The molecular formula is C22H18F3N3O2. The van der Waals surface area contributed by atoms with Gasteiger partial charge < -0.3 is 10.3 Å². The first-order chi connectivity index (χ1) is 14.3. The number of halogens is 3. The van der Waals surface area contributed by atoms with Crippen molar-refractivity contribution < 1.29 is 18.0 Å². The highest BCUT2D eigenvalue weighted by atomic mass is 19.4. The van der Waals surface area contributed by atoms with Crippen LogP contribution in [0.3, 0.4) is 0 Å². The van der Waals surface area contributed by atoms with Crippen LogP contribution in [0.5, 0.6) is 0 Å². The van der Waals surface area contributed by atoms with Crippen molar-refractivity contribution in [2.24, 2.45) is 0 Å². The van der Waals surface area contributed by atoms with Crippen molar-refractivity contribution in [3.8, 4) is 0 Å². The molecule has 1 unspecified atom stereocenters. The molecule has 0 bridgehead atoms. The molecule has 0 fully saturated rings. The smallest absolute Gasteiger partial charge is 0.337 e. The van der Waals surface area contributed by atoms with Gasteiger partial charge in [-0.3, -0.25) is 14.6 Å². The van der Waals surface area contributed by atoms with Crippen LogP contribution in [0.2, 0.25) is 0 Å². The second kappa shape index (κ2) is 7.44. The van der Waals surface area contributed by atoms with Gasteiger partial charge in [0.2, 0.25) is 5.56 Å². The minimum absolute atomic E-state index is 0.240. The van der Waals surface area contributed by atoms with Gasteiger partial charge in [-0.15, -0.1) is 0 Å². The number of alkyl halides is 3. The lowest BCUT2D eigenvalue weighted by molar-refractivity contribution is -0.137. The summed E-state index contributed by atoms with van der Waals surface area (Å²) in [6.07, 6.45) is 0.437. The van der Waals surface area contributed by atoms with E-state index in [1.54, 1.807) is 12.3 Å². The number of aromatic nitrogens is 2. The molecule has 5 nitrogen and oxygen atoms in total. The van der Waals surface area contributed by atoms with Crippen LogP contribution in [0.1, 0.15) is 45.6 Å². The number of aromatic amines is 1. The lowest BCUT2D eigenvalue weighted by Crippen LogP contribution is -2.49. The number of hydrogen-bond donors (Lipinski definition) is 2. The maximum absolute atomic E-state index is 13.0. The van der Waals surface area contributed by atoms with Crippen LogP contribution in [0.15, 0.2) is 65.7 Å². The Kier molecular flexibility index (Phi) is 4.93. The van der Waals surface area contributed by atoms with Gasteiger partial charge in [0, 0.05) is 18.5 Å².